The number of hydrogen-bond donors (Lipinski definition) is 4. The minimum absolute atomic E-state index is 0.160. The van der Waals surface area contributed by atoms with Crippen molar-refractivity contribution in [1.82, 2.24) is 9.97 Å². The van der Waals surface area contributed by atoms with Gasteiger partial charge < -0.3 is 19.8 Å². The molecule has 0 spiro atoms. The van der Waals surface area contributed by atoms with Gasteiger partial charge in [0.05, 0.1) is 17.2 Å². The standard InChI is InChI=1S/C9H8ClN2O5P/c10-5-1-4(3-18(15,16)17)7-6(2-5)11-8(13)9(14)12-7/h1-2H,3H2,(H,11,13)(H,12,14)(H2,15,16,17). The summed E-state index contributed by atoms with van der Waals surface area (Å²) in [6.07, 6.45) is -0.577. The normalized spacial score (nSPS) is 11.9. The van der Waals surface area contributed by atoms with Crippen molar-refractivity contribution in [2.45, 2.75) is 6.16 Å². The molecule has 0 saturated heterocycles. The molecule has 0 fully saturated rings. The molecule has 7 nitrogen and oxygen atoms in total. The summed E-state index contributed by atoms with van der Waals surface area (Å²) in [7, 11) is -4.31. The quantitative estimate of drug-likeness (QED) is 0.475. The fourth-order valence-electron chi connectivity index (χ4n) is 1.61. The van der Waals surface area contributed by atoms with Crippen molar-refractivity contribution in [3.8, 4) is 0 Å². The van der Waals surface area contributed by atoms with Gasteiger partial charge in [0.15, 0.2) is 0 Å². The van der Waals surface area contributed by atoms with E-state index in [1.54, 1.807) is 0 Å². The molecule has 96 valence electrons. The highest BCUT2D eigenvalue weighted by Crippen LogP contribution is 2.40. The van der Waals surface area contributed by atoms with Gasteiger partial charge in [-0.25, -0.2) is 0 Å². The van der Waals surface area contributed by atoms with Gasteiger partial charge in [0, 0.05) is 5.02 Å². The number of fused-ring (bicyclic) bond motifs is 1. The van der Waals surface area contributed by atoms with Gasteiger partial charge in [-0.15, -0.1) is 0 Å². The lowest BCUT2D eigenvalue weighted by molar-refractivity contribution is 0.372. The van der Waals surface area contributed by atoms with Gasteiger partial charge in [-0.1, -0.05) is 11.6 Å². The van der Waals surface area contributed by atoms with Crippen LogP contribution >= 0.6 is 19.2 Å². The molecular formula is C9H8ClN2O5P. The van der Waals surface area contributed by atoms with Gasteiger partial charge in [-0.3, -0.25) is 14.2 Å². The Bertz CT molecular complexity index is 775. The summed E-state index contributed by atoms with van der Waals surface area (Å²) in [6, 6.07) is 2.72. The molecule has 0 bridgehead atoms. The molecule has 2 aromatic rings. The Kier molecular flexibility index (Phi) is 3.16. The number of aromatic nitrogens is 2. The van der Waals surface area contributed by atoms with Crippen LogP contribution in [0.3, 0.4) is 0 Å². The highest BCUT2D eigenvalue weighted by molar-refractivity contribution is 7.50. The number of rotatable bonds is 2. The van der Waals surface area contributed by atoms with E-state index >= 15 is 0 Å². The first-order valence-electron chi connectivity index (χ1n) is 4.75. The first-order valence-corrected chi connectivity index (χ1v) is 6.93. The summed E-state index contributed by atoms with van der Waals surface area (Å²) < 4.78 is 11.0. The lowest BCUT2D eigenvalue weighted by atomic mass is 10.2. The van der Waals surface area contributed by atoms with Gasteiger partial charge in [0.25, 0.3) is 0 Å². The Morgan fingerprint density at radius 2 is 1.78 bits per heavy atom. The Balaban J connectivity index is 2.80. The van der Waals surface area contributed by atoms with Crippen LogP contribution in [0.15, 0.2) is 21.7 Å². The molecule has 0 radical (unpaired) electrons. The van der Waals surface area contributed by atoms with E-state index in [1.165, 1.54) is 12.1 Å². The van der Waals surface area contributed by atoms with Gasteiger partial charge in [0.2, 0.25) is 0 Å². The molecule has 0 aliphatic rings. The number of hydrogen-bond acceptors (Lipinski definition) is 3. The Morgan fingerprint density at radius 3 is 2.39 bits per heavy atom. The minimum Gasteiger partial charge on any atom is -0.324 e. The maximum absolute atomic E-state index is 11.2. The summed E-state index contributed by atoms with van der Waals surface area (Å²) in [5, 5.41) is 0.202. The second-order valence-corrected chi connectivity index (χ2v) is 5.80. The van der Waals surface area contributed by atoms with Gasteiger partial charge in [-0.05, 0) is 17.7 Å². The van der Waals surface area contributed by atoms with Crippen molar-refractivity contribution >= 4 is 30.2 Å². The summed E-state index contributed by atoms with van der Waals surface area (Å²) in [6.45, 7) is 0. The van der Waals surface area contributed by atoms with Crippen molar-refractivity contribution < 1.29 is 14.4 Å². The molecule has 0 aliphatic heterocycles. The molecule has 1 aromatic heterocycles. The fourth-order valence-corrected chi connectivity index (χ4v) is 2.54. The minimum atomic E-state index is -4.31. The molecule has 18 heavy (non-hydrogen) atoms. The topological polar surface area (TPSA) is 123 Å². The van der Waals surface area contributed by atoms with Crippen LogP contribution in [0.5, 0.6) is 0 Å². The van der Waals surface area contributed by atoms with E-state index in [2.05, 4.69) is 9.97 Å². The monoisotopic (exact) mass is 290 g/mol. The first kappa shape index (κ1) is 13.0. The van der Waals surface area contributed by atoms with E-state index < -0.39 is 24.9 Å². The summed E-state index contributed by atoms with van der Waals surface area (Å²) in [4.78, 5) is 44.8. The van der Waals surface area contributed by atoms with Gasteiger partial charge >= 0.3 is 18.7 Å². The van der Waals surface area contributed by atoms with E-state index in [0.717, 1.165) is 0 Å². The number of benzene rings is 1. The Hall–Kier alpha value is -1.40. The Labute approximate surface area is 105 Å². The molecule has 1 aromatic carbocycles. The van der Waals surface area contributed by atoms with Crippen LogP contribution in [0.25, 0.3) is 11.0 Å². The second-order valence-electron chi connectivity index (χ2n) is 3.72. The van der Waals surface area contributed by atoms with Crippen LogP contribution in [0.4, 0.5) is 0 Å². The van der Waals surface area contributed by atoms with E-state index in [-0.39, 0.29) is 21.6 Å². The molecule has 0 amide bonds. The van der Waals surface area contributed by atoms with Crippen molar-refractivity contribution in [3.63, 3.8) is 0 Å². The molecule has 0 unspecified atom stereocenters. The van der Waals surface area contributed by atoms with E-state index in [0.29, 0.717) is 0 Å². The van der Waals surface area contributed by atoms with Crippen LogP contribution in [0.2, 0.25) is 5.02 Å². The van der Waals surface area contributed by atoms with Crippen LogP contribution in [-0.2, 0) is 10.7 Å². The van der Waals surface area contributed by atoms with Crippen LogP contribution in [0, 0.1) is 0 Å². The highest BCUT2D eigenvalue weighted by atomic mass is 35.5. The van der Waals surface area contributed by atoms with Crippen molar-refractivity contribution in [3.05, 3.63) is 43.4 Å². The van der Waals surface area contributed by atoms with Gasteiger partial charge in [0.1, 0.15) is 0 Å². The van der Waals surface area contributed by atoms with Crippen LogP contribution < -0.4 is 11.1 Å². The first-order chi connectivity index (χ1) is 8.26. The highest BCUT2D eigenvalue weighted by Gasteiger charge is 2.17. The maximum Gasteiger partial charge on any atom is 0.329 e. The summed E-state index contributed by atoms with van der Waals surface area (Å²) in [5.74, 6) is 0. The lowest BCUT2D eigenvalue weighted by Crippen LogP contribution is -2.29. The van der Waals surface area contributed by atoms with E-state index in [9.17, 15) is 14.2 Å². The zero-order chi connectivity index (χ0) is 13.5. The Morgan fingerprint density at radius 1 is 1.17 bits per heavy atom. The average Bonchev–Trinajstić information content (AvgIpc) is 2.18. The van der Waals surface area contributed by atoms with Crippen LogP contribution in [0.1, 0.15) is 5.56 Å². The SMILES string of the molecule is O=c1[nH]c2cc(Cl)cc(CP(=O)(O)O)c2[nH]c1=O. The number of aromatic amines is 2. The van der Waals surface area contributed by atoms with Crippen molar-refractivity contribution in [2.75, 3.05) is 0 Å². The third-order valence-corrected chi connectivity index (χ3v) is 3.22. The molecule has 4 N–H and O–H groups in total. The lowest BCUT2D eigenvalue weighted by Gasteiger charge is -2.08. The third kappa shape index (κ3) is 2.70. The largest absolute Gasteiger partial charge is 0.329 e. The van der Waals surface area contributed by atoms with Crippen LogP contribution in [-0.4, -0.2) is 19.8 Å². The summed E-state index contributed by atoms with van der Waals surface area (Å²) in [5.41, 5.74) is -1.20. The second kappa shape index (κ2) is 4.37. The van der Waals surface area contributed by atoms with E-state index in [4.69, 9.17) is 21.4 Å². The zero-order valence-corrected chi connectivity index (χ0v) is 10.5. The molecule has 0 saturated carbocycles. The van der Waals surface area contributed by atoms with E-state index in [1.807, 2.05) is 0 Å². The predicted molar refractivity (Wildman–Crippen MR) is 65.9 cm³/mol. The molecule has 0 aliphatic carbocycles. The third-order valence-electron chi connectivity index (χ3n) is 2.25. The molecule has 1 heterocycles. The number of halogens is 1. The molecular weight excluding hydrogens is 283 g/mol. The maximum atomic E-state index is 11.2. The smallest absolute Gasteiger partial charge is 0.324 e. The fraction of sp³-hybridized carbons (Fsp3) is 0.111. The number of nitrogens with one attached hydrogen (secondary N) is 2. The number of H-pyrrole nitrogens is 2. The predicted octanol–water partition coefficient (Wildman–Crippen LogP) is 0.547. The van der Waals surface area contributed by atoms with Crippen molar-refractivity contribution in [2.24, 2.45) is 0 Å². The molecule has 9 heteroatoms. The zero-order valence-electron chi connectivity index (χ0n) is 8.81. The molecule has 2 rings (SSSR count). The summed E-state index contributed by atoms with van der Waals surface area (Å²) >= 11 is 5.78. The average molecular weight is 291 g/mol. The van der Waals surface area contributed by atoms with Gasteiger partial charge in [-0.2, -0.15) is 0 Å². The molecule has 0 atom stereocenters. The van der Waals surface area contributed by atoms with Crippen molar-refractivity contribution in [1.29, 1.82) is 0 Å².